The second-order valence-corrected chi connectivity index (χ2v) is 4.81. The molecule has 2 amide bonds. The van der Waals surface area contributed by atoms with E-state index in [0.29, 0.717) is 32.7 Å². The largest absolute Gasteiger partial charge is 0.494 e. The topological polar surface area (TPSA) is 70.7 Å². The van der Waals surface area contributed by atoms with Gasteiger partial charge in [-0.1, -0.05) is 18.2 Å². The number of carbonyl (C=O) groups is 2. The molecule has 2 N–H and O–H groups in total. The van der Waals surface area contributed by atoms with Gasteiger partial charge in [0.25, 0.3) is 0 Å². The lowest BCUT2D eigenvalue weighted by Gasteiger charge is -2.26. The Bertz CT molecular complexity index is 458. The monoisotopic (exact) mass is 291 g/mol. The highest BCUT2D eigenvalue weighted by molar-refractivity contribution is 6.35. The number of ether oxygens (including phenoxy) is 1. The standard InChI is InChI=1S/C15H21N3O3/c19-14(15(20)18-10-8-16-9-11-18)17-7-4-12-21-13-5-2-1-3-6-13/h1-3,5-6,16H,4,7-12H2,(H,17,19). The maximum absolute atomic E-state index is 11.8. The number of para-hydroxylation sites is 1. The Morgan fingerprint density at radius 1 is 1.19 bits per heavy atom. The SMILES string of the molecule is O=C(NCCCOc1ccccc1)C(=O)N1CCNCC1. The van der Waals surface area contributed by atoms with Crippen LogP contribution in [0.5, 0.6) is 5.75 Å². The number of nitrogens with zero attached hydrogens (tertiary/aromatic N) is 1. The second-order valence-electron chi connectivity index (χ2n) is 4.81. The van der Waals surface area contributed by atoms with Crippen molar-refractivity contribution in [2.24, 2.45) is 0 Å². The van der Waals surface area contributed by atoms with Gasteiger partial charge in [-0.2, -0.15) is 0 Å². The fourth-order valence-electron chi connectivity index (χ4n) is 2.07. The number of rotatable bonds is 5. The first-order valence-electron chi connectivity index (χ1n) is 7.23. The lowest BCUT2D eigenvalue weighted by molar-refractivity contribution is -0.146. The van der Waals surface area contributed by atoms with Crippen LogP contribution in [0.15, 0.2) is 30.3 Å². The molecule has 0 aromatic heterocycles. The first-order chi connectivity index (χ1) is 10.3. The summed E-state index contributed by atoms with van der Waals surface area (Å²) in [5.41, 5.74) is 0. The van der Waals surface area contributed by atoms with E-state index >= 15 is 0 Å². The Labute approximate surface area is 124 Å². The predicted octanol–water partition coefficient (Wildman–Crippen LogP) is 0.00350. The molecule has 1 heterocycles. The third kappa shape index (κ3) is 5.07. The van der Waals surface area contributed by atoms with Crippen LogP contribution in [0, 0.1) is 0 Å². The van der Waals surface area contributed by atoms with Gasteiger partial charge in [0, 0.05) is 32.7 Å². The fraction of sp³-hybridized carbons (Fsp3) is 0.467. The number of hydrogen-bond acceptors (Lipinski definition) is 4. The van der Waals surface area contributed by atoms with E-state index in [1.54, 1.807) is 4.90 Å². The van der Waals surface area contributed by atoms with Gasteiger partial charge in [0.05, 0.1) is 6.61 Å². The molecule has 0 bridgehead atoms. The molecule has 0 atom stereocenters. The Kier molecular flexibility index (Phi) is 6.02. The van der Waals surface area contributed by atoms with E-state index in [1.807, 2.05) is 30.3 Å². The van der Waals surface area contributed by atoms with E-state index in [2.05, 4.69) is 10.6 Å². The van der Waals surface area contributed by atoms with Gasteiger partial charge in [-0.05, 0) is 18.6 Å². The van der Waals surface area contributed by atoms with Gasteiger partial charge in [-0.15, -0.1) is 0 Å². The van der Waals surface area contributed by atoms with Crippen LogP contribution in [0.2, 0.25) is 0 Å². The smallest absolute Gasteiger partial charge is 0.311 e. The molecule has 0 saturated carbocycles. The lowest BCUT2D eigenvalue weighted by Crippen LogP contribution is -2.51. The van der Waals surface area contributed by atoms with Crippen molar-refractivity contribution in [3.8, 4) is 5.75 Å². The van der Waals surface area contributed by atoms with Gasteiger partial charge in [0.15, 0.2) is 0 Å². The van der Waals surface area contributed by atoms with E-state index in [1.165, 1.54) is 0 Å². The number of piperazine rings is 1. The Balaban J connectivity index is 1.59. The molecule has 6 heteroatoms. The lowest BCUT2D eigenvalue weighted by atomic mass is 10.3. The van der Waals surface area contributed by atoms with Crippen molar-refractivity contribution >= 4 is 11.8 Å². The summed E-state index contributed by atoms with van der Waals surface area (Å²) in [4.78, 5) is 25.1. The Morgan fingerprint density at radius 2 is 1.90 bits per heavy atom. The van der Waals surface area contributed by atoms with Crippen LogP contribution in [0.25, 0.3) is 0 Å². The summed E-state index contributed by atoms with van der Waals surface area (Å²) in [6, 6.07) is 9.50. The van der Waals surface area contributed by atoms with E-state index in [9.17, 15) is 9.59 Å². The zero-order valence-electron chi connectivity index (χ0n) is 12.0. The average molecular weight is 291 g/mol. The molecule has 6 nitrogen and oxygen atoms in total. The molecular weight excluding hydrogens is 270 g/mol. The van der Waals surface area contributed by atoms with Crippen LogP contribution in [-0.4, -0.2) is 56.0 Å². The summed E-state index contributed by atoms with van der Waals surface area (Å²) < 4.78 is 5.51. The molecule has 114 valence electrons. The van der Waals surface area contributed by atoms with Crippen LogP contribution in [0.1, 0.15) is 6.42 Å². The highest BCUT2D eigenvalue weighted by Gasteiger charge is 2.22. The molecule has 1 saturated heterocycles. The fourth-order valence-corrected chi connectivity index (χ4v) is 2.07. The molecule has 0 spiro atoms. The quantitative estimate of drug-likeness (QED) is 0.592. The van der Waals surface area contributed by atoms with E-state index in [4.69, 9.17) is 4.74 Å². The van der Waals surface area contributed by atoms with E-state index in [-0.39, 0.29) is 0 Å². The second kappa shape index (κ2) is 8.26. The van der Waals surface area contributed by atoms with Crippen LogP contribution in [0.4, 0.5) is 0 Å². The molecule has 0 aliphatic carbocycles. The van der Waals surface area contributed by atoms with Crippen molar-refractivity contribution in [3.63, 3.8) is 0 Å². The first kappa shape index (κ1) is 15.3. The average Bonchev–Trinajstić information content (AvgIpc) is 2.55. The minimum Gasteiger partial charge on any atom is -0.494 e. The van der Waals surface area contributed by atoms with Gasteiger partial charge in [0.1, 0.15) is 5.75 Å². The van der Waals surface area contributed by atoms with Gasteiger partial charge >= 0.3 is 11.8 Å². The molecule has 1 aliphatic heterocycles. The van der Waals surface area contributed by atoms with E-state index in [0.717, 1.165) is 18.8 Å². The van der Waals surface area contributed by atoms with Gasteiger partial charge in [0.2, 0.25) is 0 Å². The van der Waals surface area contributed by atoms with Crippen molar-refractivity contribution in [1.29, 1.82) is 0 Å². The Morgan fingerprint density at radius 3 is 2.62 bits per heavy atom. The summed E-state index contributed by atoms with van der Waals surface area (Å²) in [5, 5.41) is 5.78. The molecular formula is C15H21N3O3. The number of hydrogen-bond donors (Lipinski definition) is 2. The molecule has 21 heavy (non-hydrogen) atoms. The molecule has 0 unspecified atom stereocenters. The van der Waals surface area contributed by atoms with Crippen molar-refractivity contribution in [3.05, 3.63) is 30.3 Å². The minimum atomic E-state index is -0.531. The summed E-state index contributed by atoms with van der Waals surface area (Å²) in [7, 11) is 0. The highest BCUT2D eigenvalue weighted by atomic mass is 16.5. The third-order valence-corrected chi connectivity index (χ3v) is 3.22. The van der Waals surface area contributed by atoms with Crippen molar-refractivity contribution in [1.82, 2.24) is 15.5 Å². The number of nitrogens with one attached hydrogen (secondary N) is 2. The number of amides is 2. The van der Waals surface area contributed by atoms with E-state index < -0.39 is 11.8 Å². The molecule has 2 rings (SSSR count). The third-order valence-electron chi connectivity index (χ3n) is 3.22. The molecule has 1 aliphatic rings. The number of carbonyl (C=O) groups excluding carboxylic acids is 2. The van der Waals surface area contributed by atoms with Gasteiger partial charge in [-0.25, -0.2) is 0 Å². The van der Waals surface area contributed by atoms with Crippen LogP contribution in [-0.2, 0) is 9.59 Å². The van der Waals surface area contributed by atoms with Gasteiger partial charge < -0.3 is 20.3 Å². The van der Waals surface area contributed by atoms with Crippen molar-refractivity contribution in [2.75, 3.05) is 39.3 Å². The summed E-state index contributed by atoms with van der Waals surface area (Å²) in [5.74, 6) is -0.169. The van der Waals surface area contributed by atoms with Gasteiger partial charge in [-0.3, -0.25) is 9.59 Å². The maximum atomic E-state index is 11.8. The maximum Gasteiger partial charge on any atom is 0.311 e. The summed E-state index contributed by atoms with van der Waals surface area (Å²) in [6.07, 6.45) is 0.662. The normalized spacial score (nSPS) is 14.6. The van der Waals surface area contributed by atoms with Crippen LogP contribution < -0.4 is 15.4 Å². The number of benzene rings is 1. The zero-order chi connectivity index (χ0) is 14.9. The molecule has 0 radical (unpaired) electrons. The zero-order valence-corrected chi connectivity index (χ0v) is 12.0. The molecule has 1 fully saturated rings. The van der Waals surface area contributed by atoms with Crippen LogP contribution >= 0.6 is 0 Å². The Hall–Kier alpha value is -2.08. The van der Waals surface area contributed by atoms with Crippen molar-refractivity contribution in [2.45, 2.75) is 6.42 Å². The minimum absolute atomic E-state index is 0.434. The first-order valence-corrected chi connectivity index (χ1v) is 7.23. The van der Waals surface area contributed by atoms with Crippen LogP contribution in [0.3, 0.4) is 0 Å². The highest BCUT2D eigenvalue weighted by Crippen LogP contribution is 2.07. The molecule has 1 aromatic rings. The molecule has 1 aromatic carbocycles. The summed E-state index contributed by atoms with van der Waals surface area (Å²) in [6.45, 7) is 3.59. The van der Waals surface area contributed by atoms with Crippen molar-refractivity contribution < 1.29 is 14.3 Å². The predicted molar refractivity (Wildman–Crippen MR) is 79.0 cm³/mol. The summed E-state index contributed by atoms with van der Waals surface area (Å²) >= 11 is 0.